The highest BCUT2D eigenvalue weighted by molar-refractivity contribution is 6.15. The van der Waals surface area contributed by atoms with Gasteiger partial charge in [-0.15, -0.1) is 0 Å². The van der Waals surface area contributed by atoms with Crippen LogP contribution in [0.25, 0.3) is 12.2 Å². The maximum atomic E-state index is 13.8. The number of piperidine rings is 1. The lowest BCUT2D eigenvalue weighted by Gasteiger charge is -2.38. The average Bonchev–Trinajstić information content (AvgIpc) is 3.37. The standard InChI is InChI=1S/C29H29F4N3O2/c30-24-5-3-19(14-26(24)32)12-21-16-36(17-22(29(21)38)13-20-4-6-25(31)27(33)15-20)28(37)7-9-34-10-11-35-8-1-2-23(35)18-34/h3-6,12-15,23H,1-2,7-11,16-18H2/b21-12+,22-13+. The molecule has 3 heterocycles. The number of halogens is 4. The summed E-state index contributed by atoms with van der Waals surface area (Å²) in [4.78, 5) is 32.9. The molecule has 3 fully saturated rings. The van der Waals surface area contributed by atoms with E-state index in [1.165, 1.54) is 37.1 Å². The van der Waals surface area contributed by atoms with E-state index in [1.807, 2.05) is 0 Å². The van der Waals surface area contributed by atoms with E-state index < -0.39 is 23.3 Å². The Morgan fingerprint density at radius 1 is 0.842 bits per heavy atom. The van der Waals surface area contributed by atoms with Crippen LogP contribution in [0.3, 0.4) is 0 Å². The van der Waals surface area contributed by atoms with E-state index in [-0.39, 0.29) is 53.5 Å². The molecular formula is C29H29F4N3O2. The maximum Gasteiger partial charge on any atom is 0.224 e. The fourth-order valence-electron chi connectivity index (χ4n) is 5.49. The molecule has 1 unspecified atom stereocenters. The monoisotopic (exact) mass is 527 g/mol. The van der Waals surface area contributed by atoms with Crippen LogP contribution in [0.5, 0.6) is 0 Å². The molecule has 0 aliphatic carbocycles. The molecule has 0 N–H and O–H groups in total. The zero-order valence-corrected chi connectivity index (χ0v) is 20.9. The Morgan fingerprint density at radius 3 is 2.03 bits per heavy atom. The Morgan fingerprint density at radius 2 is 1.45 bits per heavy atom. The Kier molecular flexibility index (Phi) is 7.76. The molecule has 9 heteroatoms. The number of likely N-dealkylation sites (tertiary alicyclic amines) is 1. The van der Waals surface area contributed by atoms with Crippen LogP contribution < -0.4 is 0 Å². The minimum atomic E-state index is -1.05. The number of nitrogens with zero attached hydrogens (tertiary/aromatic N) is 3. The van der Waals surface area contributed by atoms with Crippen LogP contribution in [0.2, 0.25) is 0 Å². The summed E-state index contributed by atoms with van der Waals surface area (Å²) in [5.41, 5.74) is 1.01. The van der Waals surface area contributed by atoms with Gasteiger partial charge in [0.25, 0.3) is 0 Å². The molecule has 3 saturated heterocycles. The van der Waals surface area contributed by atoms with Crippen molar-refractivity contribution in [1.82, 2.24) is 14.7 Å². The molecule has 5 rings (SSSR count). The van der Waals surface area contributed by atoms with E-state index >= 15 is 0 Å². The quantitative estimate of drug-likeness (QED) is 0.430. The lowest BCUT2D eigenvalue weighted by atomic mass is 9.94. The summed E-state index contributed by atoms with van der Waals surface area (Å²) in [6.45, 7) is 4.63. The Hall–Kier alpha value is -3.30. The van der Waals surface area contributed by atoms with Crippen molar-refractivity contribution in [2.45, 2.75) is 25.3 Å². The molecule has 5 nitrogen and oxygen atoms in total. The Balaban J connectivity index is 1.36. The first-order valence-electron chi connectivity index (χ1n) is 12.9. The van der Waals surface area contributed by atoms with E-state index in [9.17, 15) is 27.2 Å². The van der Waals surface area contributed by atoms with Crippen molar-refractivity contribution in [2.75, 3.05) is 45.8 Å². The van der Waals surface area contributed by atoms with E-state index in [0.29, 0.717) is 12.6 Å². The number of fused-ring (bicyclic) bond motifs is 1. The number of carbonyl (C=O) groups excluding carboxylic acids is 2. The maximum absolute atomic E-state index is 13.8. The van der Waals surface area contributed by atoms with Gasteiger partial charge in [0, 0.05) is 62.9 Å². The molecule has 1 atom stereocenters. The third-order valence-electron chi connectivity index (χ3n) is 7.54. The minimum Gasteiger partial charge on any atom is -0.334 e. The smallest absolute Gasteiger partial charge is 0.224 e. The van der Waals surface area contributed by atoms with Gasteiger partial charge in [-0.2, -0.15) is 0 Å². The fourth-order valence-corrected chi connectivity index (χ4v) is 5.49. The molecule has 2 aromatic rings. The second kappa shape index (κ2) is 11.2. The van der Waals surface area contributed by atoms with Crippen LogP contribution in [0.1, 0.15) is 30.4 Å². The van der Waals surface area contributed by atoms with Crippen LogP contribution in [0.15, 0.2) is 47.5 Å². The highest BCUT2D eigenvalue weighted by Crippen LogP contribution is 2.25. The van der Waals surface area contributed by atoms with Crippen LogP contribution in [0, 0.1) is 23.3 Å². The Bertz CT molecular complexity index is 1240. The van der Waals surface area contributed by atoms with E-state index in [0.717, 1.165) is 50.4 Å². The topological polar surface area (TPSA) is 43.9 Å². The normalized spacial score (nSPS) is 22.9. The lowest BCUT2D eigenvalue weighted by Crippen LogP contribution is -2.51. The molecular weight excluding hydrogens is 498 g/mol. The highest BCUT2D eigenvalue weighted by atomic mass is 19.2. The molecule has 0 spiro atoms. The van der Waals surface area contributed by atoms with Crippen LogP contribution in [0.4, 0.5) is 17.6 Å². The van der Waals surface area contributed by atoms with E-state index in [2.05, 4.69) is 9.80 Å². The van der Waals surface area contributed by atoms with Gasteiger partial charge >= 0.3 is 0 Å². The number of rotatable bonds is 5. The van der Waals surface area contributed by atoms with Gasteiger partial charge in [0.05, 0.1) is 0 Å². The van der Waals surface area contributed by atoms with Crippen LogP contribution >= 0.6 is 0 Å². The second-order valence-electron chi connectivity index (χ2n) is 10.1. The van der Waals surface area contributed by atoms with Crippen molar-refractivity contribution in [1.29, 1.82) is 0 Å². The second-order valence-corrected chi connectivity index (χ2v) is 10.1. The first kappa shape index (κ1) is 26.3. The van der Waals surface area contributed by atoms with Crippen molar-refractivity contribution in [3.05, 3.63) is 81.9 Å². The number of hydrogen-bond acceptors (Lipinski definition) is 4. The molecule has 2 aromatic carbocycles. The van der Waals surface area contributed by atoms with Crippen LogP contribution in [-0.4, -0.2) is 78.2 Å². The number of carbonyl (C=O) groups is 2. The molecule has 0 bridgehead atoms. The first-order chi connectivity index (χ1) is 18.3. The van der Waals surface area contributed by atoms with Crippen molar-refractivity contribution in [2.24, 2.45) is 0 Å². The molecule has 38 heavy (non-hydrogen) atoms. The number of piperazine rings is 1. The van der Waals surface area contributed by atoms with Gasteiger partial charge in [0.2, 0.25) is 5.91 Å². The van der Waals surface area contributed by atoms with E-state index in [1.54, 1.807) is 4.90 Å². The van der Waals surface area contributed by atoms with Crippen molar-refractivity contribution < 1.29 is 27.2 Å². The number of amides is 1. The van der Waals surface area contributed by atoms with Gasteiger partial charge < -0.3 is 4.90 Å². The first-order valence-corrected chi connectivity index (χ1v) is 12.9. The lowest BCUT2D eigenvalue weighted by molar-refractivity contribution is -0.131. The Labute approximate surface area is 219 Å². The van der Waals surface area contributed by atoms with Gasteiger partial charge in [-0.25, -0.2) is 17.6 Å². The van der Waals surface area contributed by atoms with Gasteiger partial charge in [-0.3, -0.25) is 19.4 Å². The van der Waals surface area contributed by atoms with Gasteiger partial charge in [0.15, 0.2) is 29.1 Å². The zero-order chi connectivity index (χ0) is 26.8. The molecule has 0 radical (unpaired) electrons. The van der Waals surface area contributed by atoms with Gasteiger partial charge in [-0.1, -0.05) is 12.1 Å². The number of ketones is 1. The van der Waals surface area contributed by atoms with Gasteiger partial charge in [0.1, 0.15) is 0 Å². The molecule has 3 aliphatic rings. The van der Waals surface area contributed by atoms with Crippen molar-refractivity contribution in [3.8, 4) is 0 Å². The summed E-state index contributed by atoms with van der Waals surface area (Å²) in [6, 6.07) is 7.15. The molecule has 3 aliphatic heterocycles. The molecule has 1 amide bonds. The van der Waals surface area contributed by atoms with Crippen LogP contribution in [-0.2, 0) is 9.59 Å². The number of hydrogen-bond donors (Lipinski definition) is 0. The fraction of sp³-hybridized carbons (Fsp3) is 0.379. The molecule has 200 valence electrons. The van der Waals surface area contributed by atoms with Gasteiger partial charge in [-0.05, 0) is 66.9 Å². The predicted octanol–water partition coefficient (Wildman–Crippen LogP) is 4.29. The van der Waals surface area contributed by atoms with Crippen molar-refractivity contribution in [3.63, 3.8) is 0 Å². The number of benzene rings is 2. The zero-order valence-electron chi connectivity index (χ0n) is 20.9. The number of Topliss-reactive ketones (excluding diaryl/α,β-unsaturated/α-hetero) is 1. The summed E-state index contributed by atoms with van der Waals surface area (Å²) in [5, 5.41) is 0. The SMILES string of the molecule is O=C1/C(=C/c2ccc(F)c(F)c2)CN(C(=O)CCN2CCN3CCCC3C2)C/C1=C\c1ccc(F)c(F)c1. The summed E-state index contributed by atoms with van der Waals surface area (Å²) in [6.07, 6.45) is 5.53. The largest absolute Gasteiger partial charge is 0.334 e. The summed E-state index contributed by atoms with van der Waals surface area (Å²) in [7, 11) is 0. The highest BCUT2D eigenvalue weighted by Gasteiger charge is 2.32. The molecule has 0 aromatic heterocycles. The summed E-state index contributed by atoms with van der Waals surface area (Å²) in [5.74, 6) is -4.63. The summed E-state index contributed by atoms with van der Waals surface area (Å²) >= 11 is 0. The third-order valence-corrected chi connectivity index (χ3v) is 7.54. The third kappa shape index (κ3) is 5.89. The average molecular weight is 528 g/mol. The molecule has 0 saturated carbocycles. The summed E-state index contributed by atoms with van der Waals surface area (Å²) < 4.78 is 54.4. The predicted molar refractivity (Wildman–Crippen MR) is 136 cm³/mol. The van der Waals surface area contributed by atoms with Crippen molar-refractivity contribution >= 4 is 23.8 Å². The van der Waals surface area contributed by atoms with E-state index in [4.69, 9.17) is 0 Å². The minimum absolute atomic E-state index is 0.0161.